The summed E-state index contributed by atoms with van der Waals surface area (Å²) in [5, 5.41) is 1.20. The quantitative estimate of drug-likeness (QED) is 0.665. The first-order valence-electron chi connectivity index (χ1n) is 8.15. The summed E-state index contributed by atoms with van der Waals surface area (Å²) in [6.07, 6.45) is 8.76. The molecule has 4 rings (SSSR count). The predicted molar refractivity (Wildman–Crippen MR) is 85.4 cm³/mol. The number of pyridine rings is 1. The Balaban J connectivity index is 1.62. The molecule has 0 amide bonds. The molecule has 2 saturated carbocycles. The van der Waals surface area contributed by atoms with Crippen molar-refractivity contribution in [3.05, 3.63) is 42.1 Å². The molecule has 0 saturated heterocycles. The van der Waals surface area contributed by atoms with Crippen molar-refractivity contribution in [3.63, 3.8) is 0 Å². The summed E-state index contributed by atoms with van der Waals surface area (Å²) >= 11 is 0. The Morgan fingerprint density at radius 3 is 2.86 bits per heavy atom. The maximum atomic E-state index is 5.89. The lowest BCUT2D eigenvalue weighted by atomic mass is 9.82. The molecule has 2 bridgehead atoms. The largest absolute Gasteiger partial charge is 0.271 e. The van der Waals surface area contributed by atoms with Crippen molar-refractivity contribution in [1.29, 1.82) is 0 Å². The zero-order valence-electron chi connectivity index (χ0n) is 12.3. The summed E-state index contributed by atoms with van der Waals surface area (Å²) in [7, 11) is 0. The van der Waals surface area contributed by atoms with E-state index in [1.54, 1.807) is 0 Å². The molecule has 1 heterocycles. The number of para-hydroxylation sites is 1. The molecule has 1 aromatic heterocycles. The Kier molecular flexibility index (Phi) is 3.40. The first-order chi connectivity index (χ1) is 10.3. The number of nitrogens with one attached hydrogen (secondary N) is 1. The SMILES string of the molecule is NNC(CC1CC2CCC1C2)c1cccc2cccnc12. The van der Waals surface area contributed by atoms with Crippen LogP contribution >= 0.6 is 0 Å². The molecular weight excluding hydrogens is 258 g/mol. The van der Waals surface area contributed by atoms with Gasteiger partial charge in [0.2, 0.25) is 0 Å². The summed E-state index contributed by atoms with van der Waals surface area (Å²) < 4.78 is 0. The van der Waals surface area contributed by atoms with Crippen molar-refractivity contribution >= 4 is 10.9 Å². The number of fused-ring (bicyclic) bond motifs is 3. The number of nitrogens with zero attached hydrogens (tertiary/aromatic N) is 1. The molecule has 4 atom stereocenters. The molecule has 21 heavy (non-hydrogen) atoms. The Morgan fingerprint density at radius 2 is 2.10 bits per heavy atom. The van der Waals surface area contributed by atoms with Crippen LogP contribution in [0.3, 0.4) is 0 Å². The number of hydrogen-bond acceptors (Lipinski definition) is 3. The molecule has 2 aliphatic rings. The van der Waals surface area contributed by atoms with Crippen LogP contribution in [0.25, 0.3) is 10.9 Å². The van der Waals surface area contributed by atoms with Gasteiger partial charge in [0.05, 0.1) is 5.52 Å². The van der Waals surface area contributed by atoms with Crippen LogP contribution in [0.15, 0.2) is 36.5 Å². The highest BCUT2D eigenvalue weighted by molar-refractivity contribution is 5.81. The number of hydrogen-bond donors (Lipinski definition) is 2. The van der Waals surface area contributed by atoms with Crippen LogP contribution in [-0.2, 0) is 0 Å². The average molecular weight is 281 g/mol. The van der Waals surface area contributed by atoms with Crippen LogP contribution in [0.1, 0.15) is 43.7 Å². The van der Waals surface area contributed by atoms with E-state index in [4.69, 9.17) is 5.84 Å². The fourth-order valence-corrected chi connectivity index (χ4v) is 4.66. The van der Waals surface area contributed by atoms with Gasteiger partial charge in [0.15, 0.2) is 0 Å². The molecule has 4 unspecified atom stereocenters. The van der Waals surface area contributed by atoms with Gasteiger partial charge in [0, 0.05) is 17.6 Å². The predicted octanol–water partition coefficient (Wildman–Crippen LogP) is 3.57. The summed E-state index contributed by atoms with van der Waals surface area (Å²) in [6, 6.07) is 10.7. The Labute approximate surface area is 125 Å². The topological polar surface area (TPSA) is 50.9 Å². The molecular formula is C18H23N3. The van der Waals surface area contributed by atoms with E-state index in [0.717, 1.165) is 29.7 Å². The Hall–Kier alpha value is -1.45. The van der Waals surface area contributed by atoms with Gasteiger partial charge in [-0.1, -0.05) is 30.7 Å². The minimum Gasteiger partial charge on any atom is -0.271 e. The molecule has 0 aliphatic heterocycles. The first-order valence-corrected chi connectivity index (χ1v) is 8.15. The lowest BCUT2D eigenvalue weighted by molar-refractivity contribution is 0.280. The molecule has 2 fully saturated rings. The van der Waals surface area contributed by atoms with Crippen molar-refractivity contribution in [3.8, 4) is 0 Å². The second kappa shape index (κ2) is 5.39. The van der Waals surface area contributed by atoms with Crippen LogP contribution < -0.4 is 11.3 Å². The van der Waals surface area contributed by atoms with E-state index in [9.17, 15) is 0 Å². The fraction of sp³-hybridized carbons (Fsp3) is 0.500. The molecule has 0 spiro atoms. The zero-order chi connectivity index (χ0) is 14.2. The maximum absolute atomic E-state index is 5.89. The smallest absolute Gasteiger partial charge is 0.0750 e. The minimum absolute atomic E-state index is 0.216. The van der Waals surface area contributed by atoms with E-state index in [1.165, 1.54) is 36.6 Å². The van der Waals surface area contributed by atoms with Gasteiger partial charge >= 0.3 is 0 Å². The zero-order valence-corrected chi connectivity index (χ0v) is 12.3. The highest BCUT2D eigenvalue weighted by Crippen LogP contribution is 2.51. The van der Waals surface area contributed by atoms with E-state index in [0.29, 0.717) is 0 Å². The number of rotatable bonds is 4. The molecule has 3 N–H and O–H groups in total. The highest BCUT2D eigenvalue weighted by Gasteiger charge is 2.40. The Bertz CT molecular complexity index is 634. The third-order valence-electron chi connectivity index (χ3n) is 5.66. The first kappa shape index (κ1) is 13.2. The van der Waals surface area contributed by atoms with E-state index >= 15 is 0 Å². The van der Waals surface area contributed by atoms with E-state index in [-0.39, 0.29) is 6.04 Å². The second-order valence-corrected chi connectivity index (χ2v) is 6.81. The number of nitrogens with two attached hydrogens (primary N) is 1. The van der Waals surface area contributed by atoms with Gasteiger partial charge in [0.25, 0.3) is 0 Å². The van der Waals surface area contributed by atoms with Crippen LogP contribution in [0.5, 0.6) is 0 Å². The van der Waals surface area contributed by atoms with Gasteiger partial charge < -0.3 is 0 Å². The lowest BCUT2D eigenvalue weighted by Gasteiger charge is -2.27. The molecule has 0 radical (unpaired) electrons. The summed E-state index contributed by atoms with van der Waals surface area (Å²) in [5.41, 5.74) is 5.39. The summed E-state index contributed by atoms with van der Waals surface area (Å²) in [5.74, 6) is 8.66. The van der Waals surface area contributed by atoms with Gasteiger partial charge in [-0.3, -0.25) is 16.3 Å². The van der Waals surface area contributed by atoms with Crippen LogP contribution in [-0.4, -0.2) is 4.98 Å². The molecule has 1 aromatic carbocycles. The lowest BCUT2D eigenvalue weighted by Crippen LogP contribution is -2.31. The standard InChI is InChI=1S/C18H23N3/c19-21-17(11-15-10-12-6-7-14(15)9-12)16-5-1-3-13-4-2-8-20-18(13)16/h1-5,8,12,14-15,17,21H,6-7,9-11,19H2. The van der Waals surface area contributed by atoms with Gasteiger partial charge in [-0.05, 0) is 55.1 Å². The molecule has 3 heteroatoms. The number of aromatic nitrogens is 1. The van der Waals surface area contributed by atoms with Gasteiger partial charge in [-0.2, -0.15) is 0 Å². The number of benzene rings is 1. The summed E-state index contributed by atoms with van der Waals surface area (Å²) in [6.45, 7) is 0. The highest BCUT2D eigenvalue weighted by atomic mass is 15.2. The second-order valence-electron chi connectivity index (χ2n) is 6.81. The van der Waals surface area contributed by atoms with Crippen molar-refractivity contribution in [2.24, 2.45) is 23.6 Å². The molecule has 110 valence electrons. The van der Waals surface area contributed by atoms with Crippen molar-refractivity contribution in [2.75, 3.05) is 0 Å². The van der Waals surface area contributed by atoms with Gasteiger partial charge in [0.1, 0.15) is 0 Å². The van der Waals surface area contributed by atoms with Crippen molar-refractivity contribution < 1.29 is 0 Å². The fourth-order valence-electron chi connectivity index (χ4n) is 4.66. The minimum atomic E-state index is 0.216. The molecule has 2 aromatic rings. The third-order valence-corrected chi connectivity index (χ3v) is 5.66. The molecule has 3 nitrogen and oxygen atoms in total. The van der Waals surface area contributed by atoms with Gasteiger partial charge in [-0.15, -0.1) is 0 Å². The van der Waals surface area contributed by atoms with Crippen molar-refractivity contribution in [2.45, 2.75) is 38.1 Å². The monoisotopic (exact) mass is 281 g/mol. The van der Waals surface area contributed by atoms with Gasteiger partial charge in [-0.25, -0.2) is 0 Å². The Morgan fingerprint density at radius 1 is 1.19 bits per heavy atom. The van der Waals surface area contributed by atoms with Crippen LogP contribution in [0.4, 0.5) is 0 Å². The van der Waals surface area contributed by atoms with E-state index in [1.807, 2.05) is 12.3 Å². The maximum Gasteiger partial charge on any atom is 0.0750 e. The summed E-state index contributed by atoms with van der Waals surface area (Å²) in [4.78, 5) is 4.58. The molecule has 2 aliphatic carbocycles. The third kappa shape index (κ3) is 2.34. The van der Waals surface area contributed by atoms with Crippen molar-refractivity contribution in [1.82, 2.24) is 10.4 Å². The van der Waals surface area contributed by atoms with E-state index < -0.39 is 0 Å². The van der Waals surface area contributed by atoms with Crippen LogP contribution in [0, 0.1) is 17.8 Å². The normalized spacial score (nSPS) is 29.1. The van der Waals surface area contributed by atoms with E-state index in [2.05, 4.69) is 34.7 Å². The average Bonchev–Trinajstić information content (AvgIpc) is 3.15. The number of hydrazine groups is 1. The van der Waals surface area contributed by atoms with Crippen LogP contribution in [0.2, 0.25) is 0 Å².